The fourth-order valence-electron chi connectivity index (χ4n) is 2.34. The fourth-order valence-corrected chi connectivity index (χ4v) is 4.40. The second-order valence-corrected chi connectivity index (χ2v) is 8.08. The Morgan fingerprint density at radius 1 is 1.23 bits per heavy atom. The van der Waals surface area contributed by atoms with E-state index in [0.29, 0.717) is 20.6 Å². The predicted octanol–water partition coefficient (Wildman–Crippen LogP) is 4.67. The molecule has 0 fully saturated rings. The van der Waals surface area contributed by atoms with Crippen LogP contribution in [0.1, 0.15) is 15.4 Å². The summed E-state index contributed by atoms with van der Waals surface area (Å²) < 4.78 is 2.49. The highest BCUT2D eigenvalue weighted by atomic mass is 35.5. The number of aromatic nitrogens is 4. The van der Waals surface area contributed by atoms with Crippen LogP contribution in [0.2, 0.25) is 4.34 Å². The normalized spacial score (nSPS) is 10.8. The van der Waals surface area contributed by atoms with Crippen molar-refractivity contribution in [1.82, 2.24) is 19.5 Å². The number of rotatable bonds is 4. The van der Waals surface area contributed by atoms with Crippen molar-refractivity contribution in [3.63, 3.8) is 0 Å². The van der Waals surface area contributed by atoms with E-state index in [0.717, 1.165) is 15.7 Å². The minimum atomic E-state index is -0.203. The van der Waals surface area contributed by atoms with Crippen LogP contribution in [0.5, 0.6) is 0 Å². The van der Waals surface area contributed by atoms with Gasteiger partial charge in [-0.25, -0.2) is 15.0 Å². The van der Waals surface area contributed by atoms with Gasteiger partial charge in [-0.05, 0) is 31.2 Å². The average Bonchev–Trinajstić information content (AvgIpc) is 3.36. The van der Waals surface area contributed by atoms with E-state index >= 15 is 0 Å². The van der Waals surface area contributed by atoms with E-state index in [9.17, 15) is 4.79 Å². The van der Waals surface area contributed by atoms with E-state index in [4.69, 9.17) is 11.6 Å². The van der Waals surface area contributed by atoms with Crippen molar-refractivity contribution < 1.29 is 4.79 Å². The highest BCUT2D eigenvalue weighted by Crippen LogP contribution is 2.35. The Morgan fingerprint density at radius 2 is 2.12 bits per heavy atom. The molecule has 4 aromatic rings. The van der Waals surface area contributed by atoms with Crippen molar-refractivity contribution in [3.05, 3.63) is 64.1 Å². The molecule has 4 heterocycles. The Bertz CT molecular complexity index is 1050. The van der Waals surface area contributed by atoms with E-state index in [1.165, 1.54) is 22.7 Å². The molecule has 0 saturated heterocycles. The van der Waals surface area contributed by atoms with Crippen LogP contribution in [0, 0.1) is 6.92 Å². The summed E-state index contributed by atoms with van der Waals surface area (Å²) in [6.07, 6.45) is 6.77. The number of pyridine rings is 1. The molecule has 4 aromatic heterocycles. The number of aryl methyl sites for hydroxylation is 1. The smallest absolute Gasteiger partial charge is 0.267 e. The number of thiazole rings is 1. The molecule has 6 nitrogen and oxygen atoms in total. The van der Waals surface area contributed by atoms with Crippen molar-refractivity contribution in [2.45, 2.75) is 6.92 Å². The zero-order valence-corrected chi connectivity index (χ0v) is 15.9. The van der Waals surface area contributed by atoms with Crippen LogP contribution in [0.4, 0.5) is 5.69 Å². The third-order valence-corrected chi connectivity index (χ3v) is 6.12. The van der Waals surface area contributed by atoms with Gasteiger partial charge in [0.1, 0.15) is 22.0 Å². The minimum absolute atomic E-state index is 0.203. The standard InChI is InChI=1S/C17H12ClN5OS2/c1-10-15(26-17(21-10)12-3-4-13(18)25-12)16(24)22-11-2-5-14(20-8-11)23-7-6-19-9-23/h2-9H,1H3,(H,22,24). The molecule has 0 unspecified atom stereocenters. The third-order valence-electron chi connectivity index (χ3n) is 3.56. The summed E-state index contributed by atoms with van der Waals surface area (Å²) in [4.78, 5) is 26.9. The molecule has 1 amide bonds. The molecule has 0 aliphatic heterocycles. The van der Waals surface area contributed by atoms with Gasteiger partial charge in [0, 0.05) is 12.4 Å². The molecular formula is C17H12ClN5OS2. The number of anilines is 1. The molecule has 0 atom stereocenters. The van der Waals surface area contributed by atoms with Gasteiger partial charge < -0.3 is 5.32 Å². The van der Waals surface area contributed by atoms with Gasteiger partial charge in [0.05, 0.1) is 26.8 Å². The first-order chi connectivity index (χ1) is 12.6. The van der Waals surface area contributed by atoms with Crippen LogP contribution in [0.15, 0.2) is 49.2 Å². The Balaban J connectivity index is 1.52. The predicted molar refractivity (Wildman–Crippen MR) is 104 cm³/mol. The van der Waals surface area contributed by atoms with Crippen molar-refractivity contribution in [1.29, 1.82) is 0 Å². The summed E-state index contributed by atoms with van der Waals surface area (Å²) >= 11 is 8.77. The topological polar surface area (TPSA) is 72.7 Å². The van der Waals surface area contributed by atoms with E-state index in [2.05, 4.69) is 20.3 Å². The number of nitrogens with one attached hydrogen (secondary N) is 1. The average molecular weight is 402 g/mol. The SMILES string of the molecule is Cc1nc(-c2ccc(Cl)s2)sc1C(=O)Nc1ccc(-n2ccnc2)nc1. The van der Waals surface area contributed by atoms with Gasteiger partial charge in [-0.15, -0.1) is 22.7 Å². The fraction of sp³-hybridized carbons (Fsp3) is 0.0588. The summed E-state index contributed by atoms with van der Waals surface area (Å²) in [5, 5.41) is 3.65. The maximum Gasteiger partial charge on any atom is 0.267 e. The van der Waals surface area contributed by atoms with Crippen molar-refractivity contribution in [2.24, 2.45) is 0 Å². The van der Waals surface area contributed by atoms with Gasteiger partial charge in [0.25, 0.3) is 5.91 Å². The zero-order chi connectivity index (χ0) is 18.1. The number of halogens is 1. The summed E-state index contributed by atoms with van der Waals surface area (Å²) in [7, 11) is 0. The van der Waals surface area contributed by atoms with Gasteiger partial charge in [-0.1, -0.05) is 11.6 Å². The lowest BCUT2D eigenvalue weighted by atomic mass is 10.3. The van der Waals surface area contributed by atoms with Crippen molar-refractivity contribution >= 4 is 45.9 Å². The first-order valence-electron chi connectivity index (χ1n) is 7.59. The van der Waals surface area contributed by atoms with Gasteiger partial charge in [0.15, 0.2) is 0 Å². The molecule has 130 valence electrons. The molecular weight excluding hydrogens is 390 g/mol. The second-order valence-electron chi connectivity index (χ2n) is 5.37. The molecule has 4 rings (SSSR count). The third kappa shape index (κ3) is 3.39. The molecule has 0 aromatic carbocycles. The van der Waals surface area contributed by atoms with Crippen LogP contribution >= 0.6 is 34.3 Å². The molecule has 0 saturated carbocycles. The Labute approximate surface area is 162 Å². The molecule has 1 N–H and O–H groups in total. The summed E-state index contributed by atoms with van der Waals surface area (Å²) in [5.41, 5.74) is 1.31. The number of carbonyl (C=O) groups is 1. The first-order valence-corrected chi connectivity index (χ1v) is 9.60. The molecule has 9 heteroatoms. The van der Waals surface area contributed by atoms with Crippen molar-refractivity contribution in [3.8, 4) is 15.7 Å². The lowest BCUT2D eigenvalue weighted by Gasteiger charge is -2.05. The Hall–Kier alpha value is -2.55. The number of hydrogen-bond acceptors (Lipinski definition) is 6. The first kappa shape index (κ1) is 16.9. The molecule has 0 aliphatic rings. The van der Waals surface area contributed by atoms with E-state index < -0.39 is 0 Å². The van der Waals surface area contributed by atoms with Crippen LogP contribution in [-0.2, 0) is 0 Å². The van der Waals surface area contributed by atoms with E-state index in [-0.39, 0.29) is 5.91 Å². The van der Waals surface area contributed by atoms with Crippen LogP contribution in [0.25, 0.3) is 15.7 Å². The van der Waals surface area contributed by atoms with Crippen LogP contribution in [0.3, 0.4) is 0 Å². The van der Waals surface area contributed by atoms with Gasteiger partial charge in [-0.3, -0.25) is 9.36 Å². The maximum atomic E-state index is 12.6. The second kappa shape index (κ2) is 6.99. The largest absolute Gasteiger partial charge is 0.320 e. The Morgan fingerprint density at radius 3 is 2.77 bits per heavy atom. The lowest BCUT2D eigenvalue weighted by Crippen LogP contribution is -2.12. The number of carbonyl (C=O) groups excluding carboxylic acids is 1. The quantitative estimate of drug-likeness (QED) is 0.539. The van der Waals surface area contributed by atoms with Gasteiger partial charge in [0.2, 0.25) is 0 Å². The van der Waals surface area contributed by atoms with Crippen molar-refractivity contribution in [2.75, 3.05) is 5.32 Å². The summed E-state index contributed by atoms with van der Waals surface area (Å²) in [5.74, 6) is 0.525. The van der Waals surface area contributed by atoms with Gasteiger partial charge >= 0.3 is 0 Å². The maximum absolute atomic E-state index is 12.6. The van der Waals surface area contributed by atoms with E-state index in [1.807, 2.05) is 25.1 Å². The zero-order valence-electron chi connectivity index (χ0n) is 13.5. The van der Waals surface area contributed by atoms with Crippen LogP contribution < -0.4 is 5.32 Å². The van der Waals surface area contributed by atoms with Crippen LogP contribution in [-0.4, -0.2) is 25.4 Å². The number of imidazole rings is 1. The number of amides is 1. The minimum Gasteiger partial charge on any atom is -0.320 e. The molecule has 0 spiro atoms. The number of hydrogen-bond donors (Lipinski definition) is 1. The molecule has 0 bridgehead atoms. The monoisotopic (exact) mass is 401 g/mol. The molecule has 0 aliphatic carbocycles. The summed E-state index contributed by atoms with van der Waals surface area (Å²) in [6, 6.07) is 7.35. The lowest BCUT2D eigenvalue weighted by molar-refractivity contribution is 0.103. The number of nitrogens with zero attached hydrogens (tertiary/aromatic N) is 4. The number of thiophene rings is 1. The van der Waals surface area contributed by atoms with E-state index in [1.54, 1.807) is 35.6 Å². The molecule has 0 radical (unpaired) electrons. The Kier molecular flexibility index (Phi) is 4.54. The highest BCUT2D eigenvalue weighted by Gasteiger charge is 2.17. The van der Waals surface area contributed by atoms with Gasteiger partial charge in [-0.2, -0.15) is 0 Å². The molecule has 26 heavy (non-hydrogen) atoms. The summed E-state index contributed by atoms with van der Waals surface area (Å²) in [6.45, 7) is 1.82. The highest BCUT2D eigenvalue weighted by molar-refractivity contribution is 7.24.